The van der Waals surface area contributed by atoms with Crippen molar-refractivity contribution in [3.05, 3.63) is 40.2 Å². The zero-order valence-electron chi connectivity index (χ0n) is 13.5. The van der Waals surface area contributed by atoms with Crippen LogP contribution in [0, 0.1) is 13.8 Å². The van der Waals surface area contributed by atoms with E-state index < -0.39 is 0 Å². The zero-order valence-corrected chi connectivity index (χ0v) is 14.3. The summed E-state index contributed by atoms with van der Waals surface area (Å²) in [6.45, 7) is 10.2. The lowest BCUT2D eigenvalue weighted by Crippen LogP contribution is -2.17. The molecule has 1 atom stereocenters. The van der Waals surface area contributed by atoms with Crippen molar-refractivity contribution in [2.75, 3.05) is 18.5 Å². The van der Waals surface area contributed by atoms with Crippen LogP contribution in [0.25, 0.3) is 0 Å². The van der Waals surface area contributed by atoms with Crippen LogP contribution < -0.4 is 10.2 Å². The summed E-state index contributed by atoms with van der Waals surface area (Å²) in [6.07, 6.45) is 0. The summed E-state index contributed by atoms with van der Waals surface area (Å²) in [5.74, 6) is 0. The van der Waals surface area contributed by atoms with Gasteiger partial charge in [0.1, 0.15) is 0 Å². The Bertz CT molecular complexity index is 594. The second kappa shape index (κ2) is 7.00. The van der Waals surface area contributed by atoms with Gasteiger partial charge in [-0.25, -0.2) is 4.98 Å². The molecule has 4 nitrogen and oxygen atoms in total. The standard InChI is InChI=1S/C16H24N4S/c1-6-17-12(3)15-13(4)19-16(21-15)20(5)10-14-9-7-8-11(2)18-14/h7-9,12,17H,6,10H2,1-5H3. The molecule has 0 saturated carbocycles. The molecule has 0 aromatic carbocycles. The van der Waals surface area contributed by atoms with E-state index in [2.05, 4.69) is 55.2 Å². The first-order valence-electron chi connectivity index (χ1n) is 7.35. The zero-order chi connectivity index (χ0) is 15.4. The molecule has 0 amide bonds. The van der Waals surface area contributed by atoms with Crippen LogP contribution in [0.4, 0.5) is 5.13 Å². The molecule has 2 heterocycles. The normalized spacial score (nSPS) is 12.4. The molecule has 0 fully saturated rings. The third-order valence-electron chi connectivity index (χ3n) is 3.40. The van der Waals surface area contributed by atoms with Crippen LogP contribution in [0.1, 0.15) is 41.8 Å². The molecule has 2 aromatic heterocycles. The van der Waals surface area contributed by atoms with Gasteiger partial charge in [0.25, 0.3) is 0 Å². The Morgan fingerprint density at radius 1 is 1.29 bits per heavy atom. The molecule has 1 unspecified atom stereocenters. The summed E-state index contributed by atoms with van der Waals surface area (Å²) < 4.78 is 0. The smallest absolute Gasteiger partial charge is 0.185 e. The predicted molar refractivity (Wildman–Crippen MR) is 90.0 cm³/mol. The van der Waals surface area contributed by atoms with Crippen molar-refractivity contribution < 1.29 is 0 Å². The number of aryl methyl sites for hydroxylation is 2. The number of nitrogens with one attached hydrogen (secondary N) is 1. The molecule has 0 spiro atoms. The highest BCUT2D eigenvalue weighted by molar-refractivity contribution is 7.15. The Hall–Kier alpha value is -1.46. The Morgan fingerprint density at radius 3 is 2.71 bits per heavy atom. The van der Waals surface area contributed by atoms with E-state index in [1.54, 1.807) is 11.3 Å². The number of thiazole rings is 1. The van der Waals surface area contributed by atoms with Gasteiger partial charge in [0, 0.05) is 23.7 Å². The number of anilines is 1. The van der Waals surface area contributed by atoms with Crippen LogP contribution >= 0.6 is 11.3 Å². The highest BCUT2D eigenvalue weighted by Gasteiger charge is 2.16. The maximum Gasteiger partial charge on any atom is 0.185 e. The molecule has 0 saturated heterocycles. The van der Waals surface area contributed by atoms with Gasteiger partial charge in [-0.1, -0.05) is 13.0 Å². The molecule has 0 radical (unpaired) electrons. The first-order chi connectivity index (χ1) is 10.0. The van der Waals surface area contributed by atoms with Gasteiger partial charge in [0.05, 0.1) is 17.9 Å². The van der Waals surface area contributed by atoms with Crippen molar-refractivity contribution in [3.8, 4) is 0 Å². The van der Waals surface area contributed by atoms with Gasteiger partial charge in [-0.3, -0.25) is 4.98 Å². The maximum absolute atomic E-state index is 4.71. The van der Waals surface area contributed by atoms with E-state index in [1.165, 1.54) is 4.88 Å². The molecule has 0 aliphatic carbocycles. The molecule has 0 bridgehead atoms. The van der Waals surface area contributed by atoms with Gasteiger partial charge in [0.2, 0.25) is 0 Å². The van der Waals surface area contributed by atoms with E-state index in [1.807, 2.05) is 13.0 Å². The summed E-state index contributed by atoms with van der Waals surface area (Å²) in [5.41, 5.74) is 3.25. The van der Waals surface area contributed by atoms with E-state index in [0.717, 1.165) is 35.3 Å². The van der Waals surface area contributed by atoms with E-state index in [4.69, 9.17) is 4.98 Å². The molecule has 1 N–H and O–H groups in total. The third-order valence-corrected chi connectivity index (χ3v) is 4.85. The van der Waals surface area contributed by atoms with Gasteiger partial charge < -0.3 is 10.2 Å². The fourth-order valence-corrected chi connectivity index (χ4v) is 3.41. The minimum Gasteiger partial charge on any atom is -0.345 e. The van der Waals surface area contributed by atoms with E-state index in [-0.39, 0.29) is 0 Å². The van der Waals surface area contributed by atoms with E-state index in [0.29, 0.717) is 6.04 Å². The number of aromatic nitrogens is 2. The molecule has 21 heavy (non-hydrogen) atoms. The predicted octanol–water partition coefficient (Wildman–Crippen LogP) is 3.46. The van der Waals surface area contributed by atoms with E-state index >= 15 is 0 Å². The monoisotopic (exact) mass is 304 g/mol. The minimum atomic E-state index is 0.353. The molecule has 2 rings (SSSR count). The first kappa shape index (κ1) is 15.9. The molecule has 0 aliphatic heterocycles. The van der Waals surface area contributed by atoms with Gasteiger partial charge in [-0.15, -0.1) is 11.3 Å². The number of pyridine rings is 1. The Morgan fingerprint density at radius 2 is 2.05 bits per heavy atom. The lowest BCUT2D eigenvalue weighted by atomic mass is 10.2. The fourth-order valence-electron chi connectivity index (χ4n) is 2.36. The maximum atomic E-state index is 4.71. The van der Waals surface area contributed by atoms with E-state index in [9.17, 15) is 0 Å². The van der Waals surface area contributed by atoms with Gasteiger partial charge in [-0.05, 0) is 39.4 Å². The van der Waals surface area contributed by atoms with Crippen molar-refractivity contribution in [2.45, 2.75) is 40.3 Å². The summed E-state index contributed by atoms with van der Waals surface area (Å²) in [5, 5.41) is 4.50. The van der Waals surface area contributed by atoms with Crippen LogP contribution in [0.5, 0.6) is 0 Å². The van der Waals surface area contributed by atoms with Gasteiger partial charge in [-0.2, -0.15) is 0 Å². The van der Waals surface area contributed by atoms with Crippen molar-refractivity contribution in [1.82, 2.24) is 15.3 Å². The number of nitrogens with zero attached hydrogens (tertiary/aromatic N) is 3. The number of hydrogen-bond acceptors (Lipinski definition) is 5. The Labute approximate surface area is 131 Å². The van der Waals surface area contributed by atoms with Gasteiger partial charge in [0.15, 0.2) is 5.13 Å². The Balaban J connectivity index is 2.12. The van der Waals surface area contributed by atoms with Crippen molar-refractivity contribution in [2.24, 2.45) is 0 Å². The average Bonchev–Trinajstić information content (AvgIpc) is 2.81. The number of rotatable bonds is 6. The van der Waals surface area contributed by atoms with Crippen molar-refractivity contribution in [1.29, 1.82) is 0 Å². The number of hydrogen-bond donors (Lipinski definition) is 1. The fraction of sp³-hybridized carbons (Fsp3) is 0.500. The van der Waals surface area contributed by atoms with Crippen molar-refractivity contribution >= 4 is 16.5 Å². The van der Waals surface area contributed by atoms with Crippen LogP contribution in [-0.2, 0) is 6.54 Å². The molecule has 114 valence electrons. The molecule has 2 aromatic rings. The van der Waals surface area contributed by atoms with Crippen LogP contribution in [0.3, 0.4) is 0 Å². The highest BCUT2D eigenvalue weighted by Crippen LogP contribution is 2.30. The van der Waals surface area contributed by atoms with Crippen LogP contribution in [0.2, 0.25) is 0 Å². The van der Waals surface area contributed by atoms with Crippen LogP contribution in [0.15, 0.2) is 18.2 Å². The quantitative estimate of drug-likeness (QED) is 0.887. The summed E-state index contributed by atoms with van der Waals surface area (Å²) in [4.78, 5) is 12.7. The lowest BCUT2D eigenvalue weighted by Gasteiger charge is -2.15. The Kier molecular flexibility index (Phi) is 5.31. The average molecular weight is 304 g/mol. The van der Waals surface area contributed by atoms with Gasteiger partial charge >= 0.3 is 0 Å². The second-order valence-electron chi connectivity index (χ2n) is 5.35. The molecular weight excluding hydrogens is 280 g/mol. The van der Waals surface area contributed by atoms with Crippen LogP contribution in [-0.4, -0.2) is 23.6 Å². The largest absolute Gasteiger partial charge is 0.345 e. The molecule has 0 aliphatic rings. The SMILES string of the molecule is CCNC(C)c1sc(N(C)Cc2cccc(C)n2)nc1C. The first-order valence-corrected chi connectivity index (χ1v) is 8.17. The summed E-state index contributed by atoms with van der Waals surface area (Å²) in [6, 6.07) is 6.49. The topological polar surface area (TPSA) is 41.0 Å². The second-order valence-corrected chi connectivity index (χ2v) is 6.36. The summed E-state index contributed by atoms with van der Waals surface area (Å²) in [7, 11) is 2.07. The molecular formula is C16H24N4S. The third kappa shape index (κ3) is 4.02. The minimum absolute atomic E-state index is 0.353. The molecule has 5 heteroatoms. The van der Waals surface area contributed by atoms with Crippen molar-refractivity contribution in [3.63, 3.8) is 0 Å². The highest BCUT2D eigenvalue weighted by atomic mass is 32.1. The lowest BCUT2D eigenvalue weighted by molar-refractivity contribution is 0.603. The summed E-state index contributed by atoms with van der Waals surface area (Å²) >= 11 is 1.76.